The summed E-state index contributed by atoms with van der Waals surface area (Å²) >= 11 is 4.75. The van der Waals surface area contributed by atoms with Gasteiger partial charge in [0, 0.05) is 14.9 Å². The van der Waals surface area contributed by atoms with Gasteiger partial charge in [-0.1, -0.05) is 40.2 Å². The Morgan fingerprint density at radius 2 is 1.89 bits per heavy atom. The van der Waals surface area contributed by atoms with E-state index >= 15 is 0 Å². The number of aromatic nitrogens is 1. The fourth-order valence-corrected chi connectivity index (χ4v) is 3.79. The van der Waals surface area contributed by atoms with Crippen LogP contribution >= 0.6 is 27.7 Å². The van der Waals surface area contributed by atoms with Crippen molar-refractivity contribution in [3.63, 3.8) is 0 Å². The van der Waals surface area contributed by atoms with Crippen molar-refractivity contribution in [2.75, 3.05) is 11.1 Å². The molecule has 0 spiro atoms. The number of nitrogens with one attached hydrogen (secondary N) is 1. The van der Waals surface area contributed by atoms with Crippen LogP contribution in [0.4, 0.5) is 5.69 Å². The van der Waals surface area contributed by atoms with E-state index in [9.17, 15) is 9.59 Å². The van der Waals surface area contributed by atoms with Gasteiger partial charge in [0.25, 0.3) is 5.91 Å². The van der Waals surface area contributed by atoms with Gasteiger partial charge in [0.05, 0.1) is 28.4 Å². The van der Waals surface area contributed by atoms with Crippen molar-refractivity contribution in [2.24, 2.45) is 5.73 Å². The lowest BCUT2D eigenvalue weighted by Gasteiger charge is -2.12. The quantitative estimate of drug-likeness (QED) is 0.529. The predicted molar refractivity (Wildman–Crippen MR) is 116 cm³/mol. The fourth-order valence-electron chi connectivity index (χ4n) is 2.64. The van der Waals surface area contributed by atoms with Gasteiger partial charge in [0.15, 0.2) is 0 Å². The third kappa shape index (κ3) is 4.99. The monoisotopic (exact) mass is 455 g/mol. The summed E-state index contributed by atoms with van der Waals surface area (Å²) in [5, 5.41) is 2.90. The number of hydrogen-bond acceptors (Lipinski definition) is 4. The van der Waals surface area contributed by atoms with Gasteiger partial charge < -0.3 is 11.1 Å². The number of anilines is 1. The lowest BCUT2D eigenvalue weighted by molar-refractivity contribution is -0.115. The Morgan fingerprint density at radius 3 is 2.61 bits per heavy atom. The summed E-state index contributed by atoms with van der Waals surface area (Å²) in [7, 11) is 0. The first-order valence-electron chi connectivity index (χ1n) is 8.49. The molecule has 7 heteroatoms. The highest BCUT2D eigenvalue weighted by atomic mass is 79.9. The van der Waals surface area contributed by atoms with Crippen molar-refractivity contribution in [1.29, 1.82) is 0 Å². The number of amides is 2. The van der Waals surface area contributed by atoms with Crippen LogP contribution in [0, 0.1) is 6.92 Å². The van der Waals surface area contributed by atoms with Crippen molar-refractivity contribution in [2.45, 2.75) is 11.8 Å². The Balaban J connectivity index is 1.81. The average Bonchev–Trinajstić information content (AvgIpc) is 2.67. The Morgan fingerprint density at radius 1 is 1.11 bits per heavy atom. The molecule has 0 bridgehead atoms. The maximum Gasteiger partial charge on any atom is 0.257 e. The number of carbonyl (C=O) groups excluding carboxylic acids is 2. The van der Waals surface area contributed by atoms with E-state index in [1.165, 1.54) is 11.8 Å². The zero-order chi connectivity index (χ0) is 20.1. The van der Waals surface area contributed by atoms with Gasteiger partial charge in [-0.3, -0.25) is 14.6 Å². The normalized spacial score (nSPS) is 10.5. The molecule has 0 fully saturated rings. The number of benzene rings is 2. The molecular weight excluding hydrogens is 438 g/mol. The molecule has 0 saturated heterocycles. The molecule has 2 amide bonds. The van der Waals surface area contributed by atoms with Crippen LogP contribution in [0.15, 0.2) is 70.0 Å². The number of thioether (sulfide) groups is 1. The van der Waals surface area contributed by atoms with Gasteiger partial charge in [-0.15, -0.1) is 11.8 Å². The third-order valence-corrected chi connectivity index (χ3v) is 5.55. The highest BCUT2D eigenvalue weighted by Gasteiger charge is 2.14. The van der Waals surface area contributed by atoms with Gasteiger partial charge in [-0.25, -0.2) is 0 Å². The first kappa shape index (κ1) is 20.1. The van der Waals surface area contributed by atoms with Crippen LogP contribution in [0.25, 0.3) is 11.3 Å². The van der Waals surface area contributed by atoms with E-state index in [0.29, 0.717) is 16.9 Å². The molecule has 0 aliphatic rings. The maximum atomic E-state index is 12.8. The zero-order valence-corrected chi connectivity index (χ0v) is 17.5. The Kier molecular flexibility index (Phi) is 6.49. The second-order valence-corrected chi connectivity index (χ2v) is 7.98. The second kappa shape index (κ2) is 9.03. The fraction of sp³-hybridized carbons (Fsp3) is 0.0952. The molecule has 0 aliphatic heterocycles. The lowest BCUT2D eigenvalue weighted by atomic mass is 10.1. The lowest BCUT2D eigenvalue weighted by Crippen LogP contribution is -2.16. The Labute approximate surface area is 175 Å². The molecular formula is C21H18BrN3O2S. The molecule has 2 aromatic carbocycles. The Bertz CT molecular complexity index is 1040. The number of para-hydroxylation sites is 1. The molecule has 0 saturated carbocycles. The van der Waals surface area contributed by atoms with E-state index in [2.05, 4.69) is 26.2 Å². The molecule has 0 atom stereocenters. The van der Waals surface area contributed by atoms with Gasteiger partial charge in [0.2, 0.25) is 5.91 Å². The molecule has 0 radical (unpaired) electrons. The van der Waals surface area contributed by atoms with E-state index in [4.69, 9.17) is 5.73 Å². The Hall–Kier alpha value is -2.64. The minimum Gasteiger partial charge on any atom is -0.369 e. The van der Waals surface area contributed by atoms with Crippen molar-refractivity contribution in [3.8, 4) is 11.3 Å². The van der Waals surface area contributed by atoms with Crippen LogP contribution in [0.5, 0.6) is 0 Å². The van der Waals surface area contributed by atoms with E-state index in [1.807, 2.05) is 55.5 Å². The zero-order valence-electron chi connectivity index (χ0n) is 15.1. The first-order chi connectivity index (χ1) is 13.4. The first-order valence-corrected chi connectivity index (χ1v) is 10.3. The summed E-state index contributed by atoms with van der Waals surface area (Å²) in [5.41, 5.74) is 8.75. The number of nitrogens with zero attached hydrogens (tertiary/aromatic N) is 1. The summed E-state index contributed by atoms with van der Waals surface area (Å²) < 4.78 is 0.969. The number of nitrogens with two attached hydrogens (primary N) is 1. The summed E-state index contributed by atoms with van der Waals surface area (Å²) in [6.07, 6.45) is 0. The van der Waals surface area contributed by atoms with E-state index < -0.39 is 5.91 Å². The second-order valence-electron chi connectivity index (χ2n) is 6.05. The summed E-state index contributed by atoms with van der Waals surface area (Å²) in [6, 6.07) is 18.7. The van der Waals surface area contributed by atoms with Gasteiger partial charge in [0.1, 0.15) is 0 Å². The van der Waals surface area contributed by atoms with Crippen LogP contribution < -0.4 is 11.1 Å². The summed E-state index contributed by atoms with van der Waals surface area (Å²) in [4.78, 5) is 29.2. The number of primary amides is 1. The number of halogens is 1. The highest BCUT2D eigenvalue weighted by molar-refractivity contribution is 9.10. The van der Waals surface area contributed by atoms with Crippen molar-refractivity contribution >= 4 is 45.2 Å². The maximum absolute atomic E-state index is 12.8. The summed E-state index contributed by atoms with van der Waals surface area (Å²) in [5.74, 6) is -0.512. The van der Waals surface area contributed by atoms with Crippen LogP contribution in [-0.4, -0.2) is 22.6 Å². The molecule has 5 nitrogen and oxygen atoms in total. The third-order valence-electron chi connectivity index (χ3n) is 3.96. The number of hydrogen-bond donors (Lipinski definition) is 2. The number of pyridine rings is 1. The van der Waals surface area contributed by atoms with E-state index in [-0.39, 0.29) is 11.7 Å². The molecule has 142 valence electrons. The number of rotatable bonds is 6. The highest BCUT2D eigenvalue weighted by Crippen LogP contribution is 2.28. The molecule has 28 heavy (non-hydrogen) atoms. The number of carbonyl (C=O) groups is 2. The van der Waals surface area contributed by atoms with Crippen LogP contribution in [0.2, 0.25) is 0 Å². The largest absolute Gasteiger partial charge is 0.369 e. The molecule has 1 heterocycles. The molecule has 3 N–H and O–H groups in total. The molecule has 0 aliphatic carbocycles. The van der Waals surface area contributed by atoms with Crippen LogP contribution in [0.1, 0.15) is 16.1 Å². The van der Waals surface area contributed by atoms with Gasteiger partial charge in [-0.05, 0) is 43.3 Å². The van der Waals surface area contributed by atoms with Crippen molar-refractivity contribution < 1.29 is 9.59 Å². The van der Waals surface area contributed by atoms with Crippen molar-refractivity contribution in [1.82, 2.24) is 4.98 Å². The average molecular weight is 456 g/mol. The smallest absolute Gasteiger partial charge is 0.257 e. The van der Waals surface area contributed by atoms with Gasteiger partial charge in [-0.2, -0.15) is 0 Å². The summed E-state index contributed by atoms with van der Waals surface area (Å²) in [6.45, 7) is 1.81. The standard InChI is InChI=1S/C21H18BrN3O2S/c1-13-16(9-10-17(24-13)14-5-4-6-15(22)11-14)21(27)25-18-7-2-3-8-19(18)28-12-20(23)26/h2-11H,12H2,1H3,(H2,23,26)(H,25,27). The molecule has 3 rings (SSSR count). The molecule has 1 aromatic heterocycles. The number of aryl methyl sites for hydroxylation is 1. The van der Waals surface area contributed by atoms with Crippen LogP contribution in [0.3, 0.4) is 0 Å². The van der Waals surface area contributed by atoms with Gasteiger partial charge >= 0.3 is 0 Å². The van der Waals surface area contributed by atoms with Crippen LogP contribution in [-0.2, 0) is 4.79 Å². The minimum absolute atomic E-state index is 0.148. The SMILES string of the molecule is Cc1nc(-c2cccc(Br)c2)ccc1C(=O)Nc1ccccc1SCC(N)=O. The van der Waals surface area contributed by atoms with E-state index in [1.54, 1.807) is 12.1 Å². The molecule has 0 unspecified atom stereocenters. The topological polar surface area (TPSA) is 85.1 Å². The molecule has 3 aromatic rings. The predicted octanol–water partition coefficient (Wildman–Crippen LogP) is 4.65. The van der Waals surface area contributed by atoms with E-state index in [0.717, 1.165) is 20.6 Å². The van der Waals surface area contributed by atoms with Crippen molar-refractivity contribution in [3.05, 3.63) is 76.4 Å². The minimum atomic E-state index is -0.408.